The quantitative estimate of drug-likeness (QED) is 0.661. The molecule has 3 rings (SSSR count). The Morgan fingerprint density at radius 2 is 1.88 bits per heavy atom. The van der Waals surface area contributed by atoms with Gasteiger partial charge in [0, 0.05) is 0 Å². The lowest BCUT2D eigenvalue weighted by atomic mass is 10.0. The fraction of sp³-hybridized carbons (Fsp3) is 0.250. The molecule has 130 valence electrons. The number of benzene rings is 2. The van der Waals surface area contributed by atoms with E-state index in [1.54, 1.807) is 24.3 Å². The Bertz CT molecular complexity index is 807. The Morgan fingerprint density at radius 3 is 2.60 bits per heavy atom. The summed E-state index contributed by atoms with van der Waals surface area (Å²) in [6.07, 6.45) is 1.68. The number of fused-ring (bicyclic) bond motifs is 1. The molecule has 0 amide bonds. The Balaban J connectivity index is 1.96. The van der Waals surface area contributed by atoms with Crippen LogP contribution >= 0.6 is 0 Å². The van der Waals surface area contributed by atoms with Crippen LogP contribution in [-0.4, -0.2) is 30.4 Å². The predicted octanol–water partition coefficient (Wildman–Crippen LogP) is 3.87. The highest BCUT2D eigenvalue weighted by Crippen LogP contribution is 2.33. The molecule has 1 N–H and O–H groups in total. The summed E-state index contributed by atoms with van der Waals surface area (Å²) in [6.45, 7) is 4.84. The van der Waals surface area contributed by atoms with Gasteiger partial charge in [0.1, 0.15) is 19.0 Å². The molecule has 1 aliphatic rings. The number of ether oxygens (including phenoxy) is 3. The van der Waals surface area contributed by atoms with Crippen molar-refractivity contribution >= 4 is 17.6 Å². The van der Waals surface area contributed by atoms with Crippen LogP contribution in [0.2, 0.25) is 0 Å². The maximum Gasteiger partial charge on any atom is 0.336 e. The second kappa shape index (κ2) is 7.30. The first-order valence-corrected chi connectivity index (χ1v) is 8.14. The highest BCUT2D eigenvalue weighted by Gasteiger charge is 2.16. The second-order valence-electron chi connectivity index (χ2n) is 5.96. The molecule has 1 aliphatic heterocycles. The predicted molar refractivity (Wildman–Crippen MR) is 95.1 cm³/mol. The molecule has 0 radical (unpaired) electrons. The molecule has 0 atom stereocenters. The largest absolute Gasteiger partial charge is 0.491 e. The monoisotopic (exact) mass is 340 g/mol. The number of carboxylic acid groups (broad SMARTS) is 1. The SMILES string of the molecule is CC(C)Oc1cccc(/C=C(\C(=O)O)c2ccc3c(c2)OCCO3)c1. The first kappa shape index (κ1) is 16.9. The molecule has 0 aromatic heterocycles. The third kappa shape index (κ3) is 4.12. The molecule has 0 saturated heterocycles. The van der Waals surface area contributed by atoms with Gasteiger partial charge in [0.2, 0.25) is 0 Å². The zero-order chi connectivity index (χ0) is 17.8. The zero-order valence-electron chi connectivity index (χ0n) is 14.2. The van der Waals surface area contributed by atoms with Crippen LogP contribution in [0.15, 0.2) is 42.5 Å². The highest BCUT2D eigenvalue weighted by atomic mass is 16.6. The highest BCUT2D eigenvalue weighted by molar-refractivity contribution is 6.20. The molecule has 0 saturated carbocycles. The van der Waals surface area contributed by atoms with Crippen molar-refractivity contribution in [3.05, 3.63) is 53.6 Å². The fourth-order valence-corrected chi connectivity index (χ4v) is 2.60. The molecule has 0 fully saturated rings. The lowest BCUT2D eigenvalue weighted by Crippen LogP contribution is -2.15. The lowest BCUT2D eigenvalue weighted by molar-refractivity contribution is -0.130. The van der Waals surface area contributed by atoms with Crippen LogP contribution in [0.1, 0.15) is 25.0 Å². The zero-order valence-corrected chi connectivity index (χ0v) is 14.2. The van der Waals surface area contributed by atoms with E-state index in [1.807, 2.05) is 38.1 Å². The van der Waals surface area contributed by atoms with Crippen LogP contribution in [0.3, 0.4) is 0 Å². The maximum atomic E-state index is 11.8. The van der Waals surface area contributed by atoms with Gasteiger partial charge in [-0.05, 0) is 55.3 Å². The smallest absolute Gasteiger partial charge is 0.336 e. The third-order valence-corrected chi connectivity index (χ3v) is 3.62. The average Bonchev–Trinajstić information content (AvgIpc) is 2.59. The molecule has 0 unspecified atom stereocenters. The van der Waals surface area contributed by atoms with E-state index >= 15 is 0 Å². The summed E-state index contributed by atoms with van der Waals surface area (Å²) >= 11 is 0. The number of rotatable bonds is 5. The summed E-state index contributed by atoms with van der Waals surface area (Å²) < 4.78 is 16.7. The topological polar surface area (TPSA) is 65.0 Å². The van der Waals surface area contributed by atoms with Crippen molar-refractivity contribution < 1.29 is 24.1 Å². The Labute approximate surface area is 146 Å². The van der Waals surface area contributed by atoms with Gasteiger partial charge in [0.25, 0.3) is 0 Å². The summed E-state index contributed by atoms with van der Waals surface area (Å²) in [4.78, 5) is 11.8. The van der Waals surface area contributed by atoms with E-state index in [-0.39, 0.29) is 11.7 Å². The van der Waals surface area contributed by atoms with E-state index in [9.17, 15) is 9.90 Å². The van der Waals surface area contributed by atoms with Gasteiger partial charge < -0.3 is 19.3 Å². The van der Waals surface area contributed by atoms with Gasteiger partial charge in [-0.2, -0.15) is 0 Å². The van der Waals surface area contributed by atoms with Crippen LogP contribution in [0, 0.1) is 0 Å². The maximum absolute atomic E-state index is 11.8. The van der Waals surface area contributed by atoms with Crippen molar-refractivity contribution in [2.45, 2.75) is 20.0 Å². The van der Waals surface area contributed by atoms with E-state index < -0.39 is 5.97 Å². The van der Waals surface area contributed by atoms with Crippen LogP contribution < -0.4 is 14.2 Å². The summed E-state index contributed by atoms with van der Waals surface area (Å²) in [7, 11) is 0. The summed E-state index contributed by atoms with van der Waals surface area (Å²) in [5.74, 6) is 0.891. The normalized spacial score (nSPS) is 13.6. The van der Waals surface area contributed by atoms with Gasteiger partial charge in [-0.3, -0.25) is 0 Å². The number of carbonyl (C=O) groups is 1. The first-order chi connectivity index (χ1) is 12.0. The van der Waals surface area contributed by atoms with Crippen LogP contribution in [0.4, 0.5) is 0 Å². The molecular weight excluding hydrogens is 320 g/mol. The van der Waals surface area contributed by atoms with Gasteiger partial charge in [0.15, 0.2) is 11.5 Å². The molecule has 2 aromatic rings. The van der Waals surface area contributed by atoms with Gasteiger partial charge in [-0.25, -0.2) is 4.79 Å². The minimum atomic E-state index is -1.01. The molecule has 25 heavy (non-hydrogen) atoms. The molecule has 1 heterocycles. The number of carboxylic acids is 1. The van der Waals surface area contributed by atoms with Crippen LogP contribution in [0.5, 0.6) is 17.2 Å². The number of hydrogen-bond donors (Lipinski definition) is 1. The van der Waals surface area contributed by atoms with Crippen molar-refractivity contribution in [2.75, 3.05) is 13.2 Å². The second-order valence-corrected chi connectivity index (χ2v) is 5.96. The minimum absolute atomic E-state index is 0.0518. The van der Waals surface area contributed by atoms with Gasteiger partial charge in [-0.1, -0.05) is 18.2 Å². The fourth-order valence-electron chi connectivity index (χ4n) is 2.60. The van der Waals surface area contributed by atoms with E-state index in [4.69, 9.17) is 14.2 Å². The van der Waals surface area contributed by atoms with E-state index in [0.717, 1.165) is 5.56 Å². The van der Waals surface area contributed by atoms with Gasteiger partial charge in [-0.15, -0.1) is 0 Å². The van der Waals surface area contributed by atoms with Crippen LogP contribution in [0.25, 0.3) is 11.6 Å². The van der Waals surface area contributed by atoms with E-state index in [0.29, 0.717) is 36.0 Å². The molecule has 0 bridgehead atoms. The van der Waals surface area contributed by atoms with Gasteiger partial charge >= 0.3 is 5.97 Å². The molecule has 0 spiro atoms. The molecule has 2 aromatic carbocycles. The summed E-state index contributed by atoms with van der Waals surface area (Å²) in [6, 6.07) is 12.5. The van der Waals surface area contributed by atoms with Crippen molar-refractivity contribution in [3.8, 4) is 17.2 Å². The summed E-state index contributed by atoms with van der Waals surface area (Å²) in [5.41, 5.74) is 1.50. The summed E-state index contributed by atoms with van der Waals surface area (Å²) in [5, 5.41) is 9.64. The first-order valence-electron chi connectivity index (χ1n) is 8.14. The molecule has 5 heteroatoms. The molecular formula is C20H20O5. The molecule has 5 nitrogen and oxygen atoms in total. The minimum Gasteiger partial charge on any atom is -0.491 e. The third-order valence-electron chi connectivity index (χ3n) is 3.62. The van der Waals surface area contributed by atoms with Crippen molar-refractivity contribution in [1.82, 2.24) is 0 Å². The van der Waals surface area contributed by atoms with E-state index in [1.165, 1.54) is 0 Å². The Morgan fingerprint density at radius 1 is 1.12 bits per heavy atom. The van der Waals surface area contributed by atoms with Crippen molar-refractivity contribution in [3.63, 3.8) is 0 Å². The van der Waals surface area contributed by atoms with Crippen molar-refractivity contribution in [1.29, 1.82) is 0 Å². The molecule has 0 aliphatic carbocycles. The standard InChI is InChI=1S/C20H20O5/c1-13(2)25-16-5-3-4-14(10-16)11-17(20(21)22)15-6-7-18-19(12-15)24-9-8-23-18/h3-7,10-13H,8-9H2,1-2H3,(H,21,22)/b17-11-. The van der Waals surface area contributed by atoms with Gasteiger partial charge in [0.05, 0.1) is 11.7 Å². The average molecular weight is 340 g/mol. The van der Waals surface area contributed by atoms with E-state index in [2.05, 4.69) is 0 Å². The lowest BCUT2D eigenvalue weighted by Gasteiger charge is -2.19. The number of hydrogen-bond acceptors (Lipinski definition) is 4. The Hall–Kier alpha value is -2.95. The van der Waals surface area contributed by atoms with Crippen molar-refractivity contribution in [2.24, 2.45) is 0 Å². The number of aliphatic carboxylic acids is 1. The van der Waals surface area contributed by atoms with Crippen LogP contribution in [-0.2, 0) is 4.79 Å². The Kier molecular flexibility index (Phi) is 4.93.